The van der Waals surface area contributed by atoms with Crippen LogP contribution in [0.2, 0.25) is 0 Å². The molecule has 3 saturated heterocycles. The fourth-order valence-corrected chi connectivity index (χ4v) is 7.54. The molecule has 4 aliphatic rings. The van der Waals surface area contributed by atoms with Crippen LogP contribution in [0.3, 0.4) is 0 Å². The van der Waals surface area contributed by atoms with Crippen molar-refractivity contribution in [3.05, 3.63) is 34.9 Å². The van der Waals surface area contributed by atoms with Crippen LogP contribution in [-0.4, -0.2) is 78.7 Å². The van der Waals surface area contributed by atoms with E-state index in [-0.39, 0.29) is 35.3 Å². The summed E-state index contributed by atoms with van der Waals surface area (Å²) in [6.07, 6.45) is 2.19. The van der Waals surface area contributed by atoms with Crippen molar-refractivity contribution in [1.82, 2.24) is 20.4 Å². The molecule has 4 aliphatic heterocycles. The second-order valence-corrected chi connectivity index (χ2v) is 11.6. The van der Waals surface area contributed by atoms with Crippen molar-refractivity contribution in [1.29, 1.82) is 0 Å². The first-order valence-corrected chi connectivity index (χ1v) is 13.0. The number of nitrogens with one attached hydrogen (secondary N) is 2. The van der Waals surface area contributed by atoms with Crippen molar-refractivity contribution in [2.45, 2.75) is 50.4 Å². The average Bonchev–Trinajstić information content (AvgIpc) is 3.06. The monoisotopic (exact) mass is 460 g/mol. The van der Waals surface area contributed by atoms with Gasteiger partial charge in [0.15, 0.2) is 9.84 Å². The van der Waals surface area contributed by atoms with Gasteiger partial charge in [-0.25, -0.2) is 8.42 Å². The van der Waals surface area contributed by atoms with Crippen LogP contribution in [0.1, 0.15) is 47.2 Å². The van der Waals surface area contributed by atoms with Crippen LogP contribution in [0.5, 0.6) is 0 Å². The zero-order valence-corrected chi connectivity index (χ0v) is 18.7. The Kier molecular flexibility index (Phi) is 5.34. The van der Waals surface area contributed by atoms with Crippen molar-refractivity contribution in [3.63, 3.8) is 0 Å². The highest BCUT2D eigenvalue weighted by atomic mass is 32.2. The molecule has 1 spiro atoms. The topological polar surface area (TPSA) is 116 Å². The van der Waals surface area contributed by atoms with Crippen LogP contribution in [-0.2, 0) is 32.5 Å². The number of hydrogen-bond acceptors (Lipinski definition) is 7. The largest absolute Gasteiger partial charge is 0.322 e. The lowest BCUT2D eigenvalue weighted by Crippen LogP contribution is -2.62. The molecule has 9 nitrogen and oxygen atoms in total. The second kappa shape index (κ2) is 7.93. The van der Waals surface area contributed by atoms with E-state index >= 15 is 0 Å². The Labute approximate surface area is 187 Å². The summed E-state index contributed by atoms with van der Waals surface area (Å²) in [4.78, 5) is 40.5. The lowest BCUT2D eigenvalue weighted by atomic mass is 9.87. The van der Waals surface area contributed by atoms with E-state index in [4.69, 9.17) is 0 Å². The third-order valence-electron chi connectivity index (χ3n) is 7.33. The van der Waals surface area contributed by atoms with Gasteiger partial charge in [-0.15, -0.1) is 0 Å². The first-order chi connectivity index (χ1) is 15.3. The predicted octanol–water partition coefficient (Wildman–Crippen LogP) is -0.200. The van der Waals surface area contributed by atoms with Gasteiger partial charge in [-0.3, -0.25) is 24.6 Å². The summed E-state index contributed by atoms with van der Waals surface area (Å²) in [5.74, 6) is -0.512. The Morgan fingerprint density at radius 3 is 2.66 bits per heavy atom. The van der Waals surface area contributed by atoms with E-state index in [1.807, 2.05) is 18.2 Å². The summed E-state index contributed by atoms with van der Waals surface area (Å²) in [5.41, 5.74) is 2.17. The Morgan fingerprint density at radius 2 is 1.91 bits per heavy atom. The fourth-order valence-electron chi connectivity index (χ4n) is 5.61. The van der Waals surface area contributed by atoms with Crippen molar-refractivity contribution >= 4 is 27.6 Å². The molecule has 0 bridgehead atoms. The van der Waals surface area contributed by atoms with Gasteiger partial charge in [0.25, 0.3) is 5.91 Å². The molecule has 0 radical (unpaired) electrons. The van der Waals surface area contributed by atoms with E-state index in [2.05, 4.69) is 15.5 Å². The highest BCUT2D eigenvalue weighted by Crippen LogP contribution is 2.34. The number of piperidine rings is 2. The van der Waals surface area contributed by atoms with Crippen LogP contribution in [0.15, 0.2) is 18.2 Å². The highest BCUT2D eigenvalue weighted by molar-refractivity contribution is 7.91. The number of fused-ring (bicyclic) bond motifs is 1. The standard InChI is InChI=1S/C22H28N4O5S/c27-19-4-3-18(20(28)24-19)26-13-16-11-15(1-2-17(16)21(26)29)12-25-9-10-32(30,31)14-22(25)5-7-23-8-6-22/h1-2,11,18,23H,3-10,12-14H2,(H,24,27,28). The molecule has 1 atom stereocenters. The minimum atomic E-state index is -3.04. The Hall–Kier alpha value is -2.30. The molecule has 4 heterocycles. The minimum Gasteiger partial charge on any atom is -0.322 e. The minimum absolute atomic E-state index is 0.175. The van der Waals surface area contributed by atoms with Gasteiger partial charge >= 0.3 is 0 Å². The van der Waals surface area contributed by atoms with Gasteiger partial charge in [-0.05, 0) is 49.5 Å². The number of hydrogen-bond donors (Lipinski definition) is 2. The molecule has 3 amide bonds. The third kappa shape index (κ3) is 3.84. The normalized spacial score (nSPS) is 27.4. The summed E-state index contributed by atoms with van der Waals surface area (Å²) in [6, 6.07) is 5.13. The van der Waals surface area contributed by atoms with E-state index in [9.17, 15) is 22.8 Å². The molecule has 1 unspecified atom stereocenters. The number of amides is 3. The number of carbonyl (C=O) groups excluding carboxylic acids is 3. The Bertz CT molecular complexity index is 1080. The molecule has 0 aromatic heterocycles. The molecule has 5 rings (SSSR count). The SMILES string of the molecule is O=C1CCC(N2Cc3cc(CN4CCS(=O)(=O)CC45CCNCC5)ccc3C2=O)C(=O)N1. The van der Waals surface area contributed by atoms with E-state index in [0.717, 1.165) is 37.1 Å². The van der Waals surface area contributed by atoms with Gasteiger partial charge in [-0.2, -0.15) is 0 Å². The molecule has 10 heteroatoms. The van der Waals surface area contributed by atoms with Gasteiger partial charge in [0.2, 0.25) is 11.8 Å². The van der Waals surface area contributed by atoms with Gasteiger partial charge in [0.1, 0.15) is 6.04 Å². The number of nitrogens with zero attached hydrogens (tertiary/aromatic N) is 2. The average molecular weight is 461 g/mol. The molecule has 1 aromatic carbocycles. The summed E-state index contributed by atoms with van der Waals surface area (Å²) < 4.78 is 24.8. The van der Waals surface area contributed by atoms with Gasteiger partial charge in [-0.1, -0.05) is 12.1 Å². The Balaban J connectivity index is 1.35. The zero-order chi connectivity index (χ0) is 22.5. The molecule has 3 fully saturated rings. The van der Waals surface area contributed by atoms with Crippen LogP contribution < -0.4 is 10.6 Å². The van der Waals surface area contributed by atoms with Crippen molar-refractivity contribution in [2.75, 3.05) is 31.1 Å². The maximum absolute atomic E-state index is 12.9. The lowest BCUT2D eigenvalue weighted by Gasteiger charge is -2.49. The van der Waals surface area contributed by atoms with Crippen molar-refractivity contribution < 1.29 is 22.8 Å². The first kappa shape index (κ1) is 21.5. The molecular weight excluding hydrogens is 432 g/mol. The van der Waals surface area contributed by atoms with Crippen LogP contribution in [0, 0.1) is 0 Å². The molecule has 172 valence electrons. The van der Waals surface area contributed by atoms with Crippen molar-refractivity contribution in [2.24, 2.45) is 0 Å². The smallest absolute Gasteiger partial charge is 0.255 e. The quantitative estimate of drug-likeness (QED) is 0.600. The first-order valence-electron chi connectivity index (χ1n) is 11.2. The van der Waals surface area contributed by atoms with Gasteiger partial charge < -0.3 is 10.2 Å². The zero-order valence-electron chi connectivity index (χ0n) is 17.9. The van der Waals surface area contributed by atoms with E-state index in [0.29, 0.717) is 31.6 Å². The molecule has 0 aliphatic carbocycles. The van der Waals surface area contributed by atoms with Gasteiger partial charge in [0.05, 0.1) is 11.5 Å². The molecule has 0 saturated carbocycles. The lowest BCUT2D eigenvalue weighted by molar-refractivity contribution is -0.136. The summed E-state index contributed by atoms with van der Waals surface area (Å²) in [5, 5.41) is 5.66. The summed E-state index contributed by atoms with van der Waals surface area (Å²) in [7, 11) is -3.04. The molecule has 2 N–H and O–H groups in total. The number of benzene rings is 1. The number of sulfone groups is 1. The summed E-state index contributed by atoms with van der Waals surface area (Å²) in [6.45, 7) is 3.12. The molecular formula is C22H28N4O5S. The highest BCUT2D eigenvalue weighted by Gasteiger charge is 2.45. The Morgan fingerprint density at radius 1 is 1.12 bits per heavy atom. The van der Waals surface area contributed by atoms with E-state index in [1.165, 1.54) is 0 Å². The van der Waals surface area contributed by atoms with E-state index in [1.54, 1.807) is 4.90 Å². The number of imide groups is 1. The predicted molar refractivity (Wildman–Crippen MR) is 116 cm³/mol. The molecule has 32 heavy (non-hydrogen) atoms. The number of rotatable bonds is 3. The van der Waals surface area contributed by atoms with Crippen LogP contribution in [0.4, 0.5) is 0 Å². The van der Waals surface area contributed by atoms with E-state index < -0.39 is 21.8 Å². The summed E-state index contributed by atoms with van der Waals surface area (Å²) >= 11 is 0. The third-order valence-corrected chi connectivity index (χ3v) is 9.11. The van der Waals surface area contributed by atoms with Crippen LogP contribution >= 0.6 is 0 Å². The van der Waals surface area contributed by atoms with Crippen molar-refractivity contribution in [3.8, 4) is 0 Å². The van der Waals surface area contributed by atoms with Gasteiger partial charge in [0, 0.05) is 37.2 Å². The number of carbonyl (C=O) groups is 3. The second-order valence-electron chi connectivity index (χ2n) is 9.38. The maximum Gasteiger partial charge on any atom is 0.255 e. The van der Waals surface area contributed by atoms with Crippen LogP contribution in [0.25, 0.3) is 0 Å². The fraction of sp³-hybridized carbons (Fsp3) is 0.591. The molecule has 1 aromatic rings. The maximum atomic E-state index is 12.9.